The van der Waals surface area contributed by atoms with Crippen LogP contribution in [0.4, 0.5) is 16.2 Å². The molecule has 0 bridgehead atoms. The van der Waals surface area contributed by atoms with Gasteiger partial charge in [0.25, 0.3) is 5.91 Å². The lowest BCUT2D eigenvalue weighted by Gasteiger charge is -2.22. The second-order valence-corrected chi connectivity index (χ2v) is 8.61. The molecule has 2 aromatic carbocycles. The van der Waals surface area contributed by atoms with Gasteiger partial charge >= 0.3 is 6.03 Å². The second-order valence-electron chi connectivity index (χ2n) is 8.61. The predicted molar refractivity (Wildman–Crippen MR) is 122 cm³/mol. The van der Waals surface area contributed by atoms with E-state index in [0.29, 0.717) is 22.9 Å². The molecule has 2 unspecified atom stereocenters. The highest BCUT2D eigenvalue weighted by atomic mass is 16.5. The molecule has 168 valence electrons. The third-order valence-electron chi connectivity index (χ3n) is 6.18. The van der Waals surface area contributed by atoms with Crippen molar-refractivity contribution in [2.45, 2.75) is 25.8 Å². The molecule has 2 saturated heterocycles. The molecule has 0 saturated carbocycles. The van der Waals surface area contributed by atoms with E-state index in [0.717, 1.165) is 23.7 Å². The average Bonchev–Trinajstić information content (AvgIpc) is 3.31. The lowest BCUT2D eigenvalue weighted by atomic mass is 9.92. The van der Waals surface area contributed by atoms with Gasteiger partial charge in [0.2, 0.25) is 5.91 Å². The normalized spacial score (nSPS) is 22.8. The SMILES string of the molecule is COc1ccc(C2(C)NC(=O)N(CC(=O)Nc3ccc(N4CCC(C)C4)cc3)C2=O)cc1. The number of rotatable bonds is 6. The highest BCUT2D eigenvalue weighted by molar-refractivity contribution is 6.10. The summed E-state index contributed by atoms with van der Waals surface area (Å²) in [6.07, 6.45) is 1.18. The minimum Gasteiger partial charge on any atom is -0.497 e. The van der Waals surface area contributed by atoms with Gasteiger partial charge in [-0.2, -0.15) is 0 Å². The van der Waals surface area contributed by atoms with Gasteiger partial charge in [-0.1, -0.05) is 19.1 Å². The van der Waals surface area contributed by atoms with Crippen LogP contribution in [-0.2, 0) is 15.1 Å². The molecule has 2 atom stereocenters. The summed E-state index contributed by atoms with van der Waals surface area (Å²) in [5.41, 5.74) is 1.12. The number of ether oxygens (including phenoxy) is 1. The number of methoxy groups -OCH3 is 1. The Morgan fingerprint density at radius 3 is 2.44 bits per heavy atom. The van der Waals surface area contributed by atoms with E-state index in [1.54, 1.807) is 38.3 Å². The van der Waals surface area contributed by atoms with E-state index in [1.165, 1.54) is 6.42 Å². The van der Waals surface area contributed by atoms with E-state index in [4.69, 9.17) is 4.74 Å². The van der Waals surface area contributed by atoms with Gasteiger partial charge in [-0.15, -0.1) is 0 Å². The van der Waals surface area contributed by atoms with Crippen molar-refractivity contribution in [1.82, 2.24) is 10.2 Å². The number of hydrogen-bond donors (Lipinski definition) is 2. The van der Waals surface area contributed by atoms with Gasteiger partial charge in [0.15, 0.2) is 0 Å². The van der Waals surface area contributed by atoms with Crippen LogP contribution in [0, 0.1) is 5.92 Å². The molecule has 0 radical (unpaired) electrons. The van der Waals surface area contributed by atoms with E-state index in [2.05, 4.69) is 22.5 Å². The largest absolute Gasteiger partial charge is 0.497 e. The van der Waals surface area contributed by atoms with Crippen LogP contribution in [-0.4, -0.2) is 49.5 Å². The molecule has 4 amide bonds. The quantitative estimate of drug-likeness (QED) is 0.680. The van der Waals surface area contributed by atoms with Gasteiger partial charge in [0.1, 0.15) is 17.8 Å². The van der Waals surface area contributed by atoms with Crippen LogP contribution in [0.15, 0.2) is 48.5 Å². The van der Waals surface area contributed by atoms with Crippen LogP contribution < -0.4 is 20.3 Å². The van der Waals surface area contributed by atoms with Gasteiger partial charge in [0.05, 0.1) is 7.11 Å². The van der Waals surface area contributed by atoms with Crippen LogP contribution in [0.2, 0.25) is 0 Å². The Balaban J connectivity index is 1.39. The van der Waals surface area contributed by atoms with E-state index < -0.39 is 23.4 Å². The first-order valence-corrected chi connectivity index (χ1v) is 10.7. The molecule has 32 heavy (non-hydrogen) atoms. The first-order valence-electron chi connectivity index (χ1n) is 10.7. The molecular formula is C24H28N4O4. The first kappa shape index (κ1) is 21.7. The summed E-state index contributed by atoms with van der Waals surface area (Å²) < 4.78 is 5.15. The van der Waals surface area contributed by atoms with Gasteiger partial charge in [-0.25, -0.2) is 4.79 Å². The molecule has 2 N–H and O–H groups in total. The Kier molecular flexibility index (Phi) is 5.78. The number of imide groups is 1. The molecule has 8 nitrogen and oxygen atoms in total. The van der Waals surface area contributed by atoms with Crippen LogP contribution in [0.1, 0.15) is 25.8 Å². The minimum absolute atomic E-state index is 0.359. The third kappa shape index (κ3) is 4.12. The molecule has 2 aliphatic rings. The van der Waals surface area contributed by atoms with Crippen molar-refractivity contribution in [1.29, 1.82) is 0 Å². The molecule has 8 heteroatoms. The maximum absolute atomic E-state index is 13.0. The number of hydrogen-bond acceptors (Lipinski definition) is 5. The number of urea groups is 1. The van der Waals surface area contributed by atoms with Crippen molar-refractivity contribution < 1.29 is 19.1 Å². The topological polar surface area (TPSA) is 91.0 Å². The van der Waals surface area contributed by atoms with E-state index >= 15 is 0 Å². The van der Waals surface area contributed by atoms with E-state index in [1.807, 2.05) is 24.3 Å². The molecule has 2 heterocycles. The smallest absolute Gasteiger partial charge is 0.325 e. The summed E-state index contributed by atoms with van der Waals surface area (Å²) in [5, 5.41) is 5.48. The fraction of sp³-hybridized carbons (Fsp3) is 0.375. The zero-order chi connectivity index (χ0) is 22.9. The molecule has 2 fully saturated rings. The van der Waals surface area contributed by atoms with Gasteiger partial charge < -0.3 is 20.3 Å². The second kappa shape index (κ2) is 8.53. The summed E-state index contributed by atoms with van der Waals surface area (Å²) in [6, 6.07) is 13.9. The van der Waals surface area contributed by atoms with E-state index in [-0.39, 0.29) is 6.54 Å². The molecule has 2 aliphatic heterocycles. The molecule has 2 aromatic rings. The molecule has 4 rings (SSSR count). The monoisotopic (exact) mass is 436 g/mol. The summed E-state index contributed by atoms with van der Waals surface area (Å²) >= 11 is 0. The number of nitrogens with one attached hydrogen (secondary N) is 2. The molecule has 0 spiro atoms. The highest BCUT2D eigenvalue weighted by Gasteiger charge is 2.49. The van der Waals surface area contributed by atoms with Gasteiger partial charge in [0, 0.05) is 24.5 Å². The molecular weight excluding hydrogens is 408 g/mol. The summed E-state index contributed by atoms with van der Waals surface area (Å²) in [6.45, 7) is 5.58. The Hall–Kier alpha value is -3.55. The van der Waals surface area contributed by atoms with Crippen LogP contribution >= 0.6 is 0 Å². The lowest BCUT2D eigenvalue weighted by Crippen LogP contribution is -2.42. The maximum Gasteiger partial charge on any atom is 0.325 e. The Morgan fingerprint density at radius 2 is 1.84 bits per heavy atom. The Labute approximate surface area is 187 Å². The van der Waals surface area contributed by atoms with Crippen molar-refractivity contribution in [3.63, 3.8) is 0 Å². The average molecular weight is 437 g/mol. The Morgan fingerprint density at radius 1 is 1.16 bits per heavy atom. The zero-order valence-corrected chi connectivity index (χ0v) is 18.6. The number of carbonyl (C=O) groups is 3. The number of nitrogens with zero attached hydrogens (tertiary/aromatic N) is 2. The van der Waals surface area contributed by atoms with Crippen molar-refractivity contribution in [3.8, 4) is 5.75 Å². The van der Waals surface area contributed by atoms with Crippen molar-refractivity contribution in [2.24, 2.45) is 5.92 Å². The van der Waals surface area contributed by atoms with Gasteiger partial charge in [-0.05, 0) is 61.2 Å². The third-order valence-corrected chi connectivity index (χ3v) is 6.18. The number of amides is 4. The van der Waals surface area contributed by atoms with E-state index in [9.17, 15) is 14.4 Å². The number of carbonyl (C=O) groups excluding carboxylic acids is 3. The highest BCUT2D eigenvalue weighted by Crippen LogP contribution is 2.30. The fourth-order valence-electron chi connectivity index (χ4n) is 4.23. The minimum atomic E-state index is -1.24. The predicted octanol–water partition coefficient (Wildman–Crippen LogP) is 2.95. The van der Waals surface area contributed by atoms with Crippen LogP contribution in [0.3, 0.4) is 0 Å². The zero-order valence-electron chi connectivity index (χ0n) is 18.6. The molecule has 0 aromatic heterocycles. The summed E-state index contributed by atoms with van der Waals surface area (Å²) in [4.78, 5) is 41.3. The fourth-order valence-corrected chi connectivity index (χ4v) is 4.23. The van der Waals surface area contributed by atoms with Gasteiger partial charge in [-0.3, -0.25) is 14.5 Å². The number of anilines is 2. The van der Waals surface area contributed by atoms with Crippen molar-refractivity contribution in [3.05, 3.63) is 54.1 Å². The summed E-state index contributed by atoms with van der Waals surface area (Å²) in [7, 11) is 1.56. The Bertz CT molecular complexity index is 1020. The van der Waals surface area contributed by atoms with Crippen molar-refractivity contribution in [2.75, 3.05) is 37.0 Å². The van der Waals surface area contributed by atoms with Crippen molar-refractivity contribution >= 4 is 29.2 Å². The lowest BCUT2D eigenvalue weighted by molar-refractivity contribution is -0.133. The van der Waals surface area contributed by atoms with Crippen LogP contribution in [0.25, 0.3) is 0 Å². The van der Waals surface area contributed by atoms with Crippen LogP contribution in [0.5, 0.6) is 5.75 Å². The molecule has 0 aliphatic carbocycles. The first-order chi connectivity index (χ1) is 15.3. The maximum atomic E-state index is 13.0. The summed E-state index contributed by atoms with van der Waals surface area (Å²) in [5.74, 6) is 0.425. The standard InChI is InChI=1S/C24H28N4O4/c1-16-12-13-27(14-16)19-8-6-18(7-9-19)25-21(29)15-28-22(30)24(2,26-23(28)31)17-4-10-20(32-3)11-5-17/h4-11,16H,12-15H2,1-3H3,(H,25,29)(H,26,31). The number of benzene rings is 2.